The van der Waals surface area contributed by atoms with E-state index in [1.165, 1.54) is 0 Å². The van der Waals surface area contributed by atoms with Gasteiger partial charge in [0.2, 0.25) is 0 Å². The Hall–Kier alpha value is -1.33. The molecule has 1 N–H and O–H groups in total. The van der Waals surface area contributed by atoms with Gasteiger partial charge in [0.15, 0.2) is 8.32 Å². The topological polar surface area (TPSA) is 47.6 Å². The van der Waals surface area contributed by atoms with E-state index in [2.05, 4.69) is 39.2 Å². The SMILES string of the molecule is CC(C)(C)C[Si](C)(C)OCc1cccc(NC(=O)OC(C)(C)C)c1. The molecule has 1 rings (SSSR count). The van der Waals surface area contributed by atoms with Crippen LogP contribution >= 0.6 is 0 Å². The summed E-state index contributed by atoms with van der Waals surface area (Å²) in [5.74, 6) is 0. The fourth-order valence-electron chi connectivity index (χ4n) is 2.77. The van der Waals surface area contributed by atoms with Gasteiger partial charge < -0.3 is 9.16 Å². The van der Waals surface area contributed by atoms with Gasteiger partial charge in [0, 0.05) is 5.69 Å². The van der Waals surface area contributed by atoms with E-state index in [0.717, 1.165) is 17.3 Å². The van der Waals surface area contributed by atoms with Crippen molar-refractivity contribution in [2.75, 3.05) is 5.32 Å². The van der Waals surface area contributed by atoms with E-state index in [9.17, 15) is 4.79 Å². The van der Waals surface area contributed by atoms with E-state index in [4.69, 9.17) is 9.16 Å². The molecule has 0 radical (unpaired) electrons. The van der Waals surface area contributed by atoms with Crippen LogP contribution in [-0.4, -0.2) is 20.0 Å². The van der Waals surface area contributed by atoms with E-state index in [-0.39, 0.29) is 5.41 Å². The number of benzene rings is 1. The minimum Gasteiger partial charge on any atom is -0.444 e. The van der Waals surface area contributed by atoms with Crippen molar-refractivity contribution in [2.45, 2.75) is 72.9 Å². The molecule has 0 unspecified atom stereocenters. The highest BCUT2D eigenvalue weighted by atomic mass is 28.4. The zero-order valence-electron chi connectivity index (χ0n) is 16.4. The average molecular weight is 352 g/mol. The first kappa shape index (κ1) is 20.7. The summed E-state index contributed by atoms with van der Waals surface area (Å²) in [6.07, 6.45) is -0.442. The molecule has 1 amide bonds. The largest absolute Gasteiger partial charge is 0.444 e. The predicted molar refractivity (Wildman–Crippen MR) is 103 cm³/mol. The average Bonchev–Trinajstić information content (AvgIpc) is 2.31. The lowest BCUT2D eigenvalue weighted by atomic mass is 10.0. The van der Waals surface area contributed by atoms with Gasteiger partial charge >= 0.3 is 6.09 Å². The van der Waals surface area contributed by atoms with Gasteiger partial charge in [0.05, 0.1) is 6.61 Å². The Kier molecular flexibility index (Phi) is 6.65. The van der Waals surface area contributed by atoms with E-state index in [0.29, 0.717) is 6.61 Å². The predicted octanol–water partition coefficient (Wildman–Crippen LogP) is 5.80. The number of amides is 1. The van der Waals surface area contributed by atoms with E-state index >= 15 is 0 Å². The molecule has 4 nitrogen and oxygen atoms in total. The smallest absolute Gasteiger partial charge is 0.412 e. The highest BCUT2D eigenvalue weighted by Crippen LogP contribution is 2.29. The van der Waals surface area contributed by atoms with Crippen molar-refractivity contribution in [2.24, 2.45) is 5.41 Å². The highest BCUT2D eigenvalue weighted by Gasteiger charge is 2.29. The molecule has 0 bridgehead atoms. The van der Waals surface area contributed by atoms with Gasteiger partial charge in [-0.25, -0.2) is 4.79 Å². The summed E-state index contributed by atoms with van der Waals surface area (Å²) in [6, 6.07) is 8.83. The molecule has 0 aromatic heterocycles. The molecule has 5 heteroatoms. The van der Waals surface area contributed by atoms with E-state index < -0.39 is 20.0 Å². The Morgan fingerprint density at radius 2 is 1.75 bits per heavy atom. The second-order valence-electron chi connectivity index (χ2n) is 9.11. The minimum atomic E-state index is -1.71. The van der Waals surface area contributed by atoms with Gasteiger partial charge in [-0.2, -0.15) is 0 Å². The lowest BCUT2D eigenvalue weighted by Gasteiger charge is -2.30. The maximum absolute atomic E-state index is 11.9. The van der Waals surface area contributed by atoms with Crippen molar-refractivity contribution in [3.05, 3.63) is 29.8 Å². The van der Waals surface area contributed by atoms with Gasteiger partial charge in [0.1, 0.15) is 5.60 Å². The standard InChI is InChI=1S/C19H33NO3Si/c1-18(2,3)14-24(7,8)22-13-15-10-9-11-16(12-15)20-17(21)23-19(4,5)6/h9-12H,13-14H2,1-8H3,(H,20,21). The number of hydrogen-bond donors (Lipinski definition) is 1. The van der Waals surface area contributed by atoms with Crippen LogP contribution in [0.1, 0.15) is 47.1 Å². The zero-order valence-corrected chi connectivity index (χ0v) is 17.4. The third-order valence-electron chi connectivity index (χ3n) is 3.16. The monoisotopic (exact) mass is 351 g/mol. The number of carbonyl (C=O) groups excluding carboxylic acids is 1. The third-order valence-corrected chi connectivity index (χ3v) is 6.00. The molecule has 0 aliphatic rings. The second kappa shape index (κ2) is 7.70. The molecule has 136 valence electrons. The van der Waals surface area contributed by atoms with Crippen LogP contribution in [-0.2, 0) is 15.8 Å². The van der Waals surface area contributed by atoms with Crippen molar-refractivity contribution in [3.63, 3.8) is 0 Å². The first-order chi connectivity index (χ1) is 10.8. The molecule has 1 aromatic carbocycles. The third kappa shape index (κ3) is 9.08. The Labute approximate surface area is 148 Å². The second-order valence-corrected chi connectivity index (χ2v) is 13.3. The molecule has 0 heterocycles. The maximum atomic E-state index is 11.9. The Balaban J connectivity index is 2.64. The highest BCUT2D eigenvalue weighted by molar-refractivity contribution is 6.71. The molecule has 0 spiro atoms. The Morgan fingerprint density at radius 1 is 1.12 bits per heavy atom. The first-order valence-electron chi connectivity index (χ1n) is 8.49. The lowest BCUT2D eigenvalue weighted by molar-refractivity contribution is 0.0636. The fourth-order valence-corrected chi connectivity index (χ4v) is 5.98. The molecule has 0 saturated carbocycles. The lowest BCUT2D eigenvalue weighted by Crippen LogP contribution is -2.34. The van der Waals surface area contributed by atoms with Crippen LogP contribution in [0.4, 0.5) is 10.5 Å². The van der Waals surface area contributed by atoms with Crippen molar-refractivity contribution in [1.82, 2.24) is 0 Å². The molecular weight excluding hydrogens is 318 g/mol. The van der Waals surface area contributed by atoms with Crippen LogP contribution in [0.2, 0.25) is 19.1 Å². The number of rotatable bonds is 5. The summed E-state index contributed by atoms with van der Waals surface area (Å²) in [5.41, 5.74) is 1.54. The normalized spacial score (nSPS) is 12.8. The molecule has 0 aliphatic carbocycles. The summed E-state index contributed by atoms with van der Waals surface area (Å²) < 4.78 is 11.5. The van der Waals surface area contributed by atoms with Crippen LogP contribution in [0.5, 0.6) is 0 Å². The number of anilines is 1. The summed E-state index contributed by atoms with van der Waals surface area (Å²) in [4.78, 5) is 11.9. The molecule has 0 saturated heterocycles. The summed E-state index contributed by atoms with van der Waals surface area (Å²) in [7, 11) is -1.71. The molecule has 0 aliphatic heterocycles. The van der Waals surface area contributed by atoms with Crippen molar-refractivity contribution < 1.29 is 14.0 Å². The molecule has 0 fully saturated rings. The van der Waals surface area contributed by atoms with Crippen molar-refractivity contribution >= 4 is 20.1 Å². The minimum absolute atomic E-state index is 0.274. The zero-order chi connectivity index (χ0) is 18.6. The van der Waals surface area contributed by atoms with Gasteiger partial charge in [-0.15, -0.1) is 0 Å². The van der Waals surface area contributed by atoms with Crippen molar-refractivity contribution in [1.29, 1.82) is 0 Å². The van der Waals surface area contributed by atoms with E-state index in [1.807, 2.05) is 45.0 Å². The number of nitrogens with one attached hydrogen (secondary N) is 1. The van der Waals surface area contributed by atoms with Crippen LogP contribution in [0.25, 0.3) is 0 Å². The van der Waals surface area contributed by atoms with Gasteiger partial charge in [0.25, 0.3) is 0 Å². The summed E-state index contributed by atoms with van der Waals surface area (Å²) in [5, 5.41) is 2.77. The summed E-state index contributed by atoms with van der Waals surface area (Å²) in [6.45, 7) is 17.3. The Bertz CT molecular complexity index is 556. The van der Waals surface area contributed by atoms with Gasteiger partial charge in [-0.1, -0.05) is 32.9 Å². The van der Waals surface area contributed by atoms with Gasteiger partial charge in [-0.3, -0.25) is 5.32 Å². The number of carbonyl (C=O) groups is 1. The van der Waals surface area contributed by atoms with Crippen LogP contribution in [0.15, 0.2) is 24.3 Å². The van der Waals surface area contributed by atoms with Crippen LogP contribution in [0.3, 0.4) is 0 Å². The van der Waals surface area contributed by atoms with Gasteiger partial charge in [-0.05, 0) is 63.0 Å². The molecule has 0 atom stereocenters. The van der Waals surface area contributed by atoms with Crippen LogP contribution in [0, 0.1) is 5.41 Å². The number of ether oxygens (including phenoxy) is 1. The molecule has 24 heavy (non-hydrogen) atoms. The summed E-state index contributed by atoms with van der Waals surface area (Å²) >= 11 is 0. The van der Waals surface area contributed by atoms with Crippen molar-refractivity contribution in [3.8, 4) is 0 Å². The van der Waals surface area contributed by atoms with Crippen LogP contribution < -0.4 is 5.32 Å². The Morgan fingerprint density at radius 3 is 2.29 bits per heavy atom. The quantitative estimate of drug-likeness (QED) is 0.682. The first-order valence-corrected chi connectivity index (χ1v) is 11.6. The number of hydrogen-bond acceptors (Lipinski definition) is 3. The fraction of sp³-hybridized carbons (Fsp3) is 0.632. The molecular formula is C19H33NO3Si. The maximum Gasteiger partial charge on any atom is 0.412 e. The molecule has 1 aromatic rings. The van der Waals surface area contributed by atoms with E-state index in [1.54, 1.807) is 0 Å².